The third-order valence-electron chi connectivity index (χ3n) is 9.99. The van der Waals surface area contributed by atoms with Gasteiger partial charge in [0, 0.05) is 35.4 Å². The minimum absolute atomic E-state index is 0.0789. The van der Waals surface area contributed by atoms with E-state index in [0.717, 1.165) is 18.4 Å². The fourth-order valence-electron chi connectivity index (χ4n) is 7.92. The maximum absolute atomic E-state index is 13.9. The predicted octanol–water partition coefficient (Wildman–Crippen LogP) is 4.51. The number of rotatable bonds is 8. The normalized spacial score (nSPS) is 29.9. The Morgan fingerprint density at radius 1 is 1.15 bits per heavy atom. The molecule has 2 unspecified atom stereocenters. The molecule has 3 aliphatic rings. The van der Waals surface area contributed by atoms with E-state index >= 15 is 0 Å². The van der Waals surface area contributed by atoms with Gasteiger partial charge in [-0.2, -0.15) is 4.80 Å². The van der Waals surface area contributed by atoms with Crippen molar-refractivity contribution in [1.29, 1.82) is 0 Å². The number of piperidine rings is 1. The Bertz CT molecular complexity index is 1250. The van der Waals surface area contributed by atoms with Crippen LogP contribution < -0.4 is 5.32 Å². The number of nitrogens with zero attached hydrogens (tertiary/aromatic N) is 5. The van der Waals surface area contributed by atoms with E-state index in [1.807, 2.05) is 51.7 Å². The summed E-state index contributed by atoms with van der Waals surface area (Å²) >= 11 is 6.09. The molecule has 1 aliphatic heterocycles. The van der Waals surface area contributed by atoms with E-state index in [2.05, 4.69) is 20.7 Å². The monoisotopic (exact) mass is 584 g/mol. The number of hydrogen-bond donors (Lipinski definition) is 2. The Morgan fingerprint density at radius 2 is 1.80 bits per heavy atom. The van der Waals surface area contributed by atoms with E-state index in [4.69, 9.17) is 11.6 Å². The predicted molar refractivity (Wildman–Crippen MR) is 157 cm³/mol. The van der Waals surface area contributed by atoms with Crippen LogP contribution in [0.25, 0.3) is 0 Å². The number of likely N-dealkylation sites (tertiary alicyclic amines) is 1. The van der Waals surface area contributed by atoms with Crippen LogP contribution in [0.5, 0.6) is 0 Å². The molecule has 0 radical (unpaired) electrons. The van der Waals surface area contributed by atoms with Crippen molar-refractivity contribution >= 4 is 23.4 Å². The molecule has 5 rings (SSSR count). The third-order valence-corrected chi connectivity index (χ3v) is 10.2. The van der Waals surface area contributed by atoms with Crippen LogP contribution in [0.1, 0.15) is 84.0 Å². The number of carbonyl (C=O) groups is 2. The molecule has 10 heteroatoms. The number of amides is 2. The molecule has 2 N–H and O–H groups in total. The van der Waals surface area contributed by atoms with Gasteiger partial charge in [-0.1, -0.05) is 64.3 Å². The Balaban J connectivity index is 1.28. The van der Waals surface area contributed by atoms with Crippen molar-refractivity contribution in [2.45, 2.75) is 97.8 Å². The van der Waals surface area contributed by atoms with Crippen molar-refractivity contribution in [2.24, 2.45) is 28.6 Å². The Hall–Kier alpha value is -2.52. The molecule has 3 fully saturated rings. The second kappa shape index (κ2) is 11.3. The zero-order chi connectivity index (χ0) is 29.6. The lowest BCUT2D eigenvalue weighted by atomic mass is 9.66. The van der Waals surface area contributed by atoms with Crippen LogP contribution in [-0.4, -0.2) is 61.2 Å². The minimum Gasteiger partial charge on any atom is -0.384 e. The van der Waals surface area contributed by atoms with Crippen molar-refractivity contribution < 1.29 is 14.7 Å². The number of aryl methyl sites for hydroxylation is 1. The van der Waals surface area contributed by atoms with E-state index in [-0.39, 0.29) is 23.1 Å². The summed E-state index contributed by atoms with van der Waals surface area (Å²) in [4.78, 5) is 31.1. The van der Waals surface area contributed by atoms with Gasteiger partial charge in [0.25, 0.3) is 0 Å². The average molecular weight is 585 g/mol. The number of aromatic nitrogens is 4. The molecule has 0 spiro atoms. The lowest BCUT2D eigenvalue weighted by Gasteiger charge is -2.51. The summed E-state index contributed by atoms with van der Waals surface area (Å²) in [5.41, 5.74) is -1.13. The molecule has 1 aromatic carbocycles. The van der Waals surface area contributed by atoms with Crippen LogP contribution in [-0.2, 0) is 21.7 Å². The Kier molecular flexibility index (Phi) is 8.25. The lowest BCUT2D eigenvalue weighted by Crippen LogP contribution is -2.60. The van der Waals surface area contributed by atoms with Gasteiger partial charge < -0.3 is 15.3 Å². The maximum Gasteiger partial charge on any atom is 0.245 e. The number of tetrazole rings is 1. The molecule has 1 saturated heterocycles. The summed E-state index contributed by atoms with van der Waals surface area (Å²) < 4.78 is 0. The molecular weight excluding hydrogens is 540 g/mol. The number of halogens is 1. The zero-order valence-corrected chi connectivity index (χ0v) is 25.8. The third kappa shape index (κ3) is 6.17. The molecule has 2 saturated carbocycles. The smallest absolute Gasteiger partial charge is 0.245 e. The minimum atomic E-state index is -1.09. The number of nitrogens with one attached hydrogen (secondary N) is 1. The first-order valence-corrected chi connectivity index (χ1v) is 15.5. The summed E-state index contributed by atoms with van der Waals surface area (Å²) in [5, 5.41) is 28.2. The van der Waals surface area contributed by atoms with Gasteiger partial charge in [-0.25, -0.2) is 0 Å². The van der Waals surface area contributed by atoms with Gasteiger partial charge in [0.15, 0.2) is 5.82 Å². The molecule has 1 aromatic heterocycles. The summed E-state index contributed by atoms with van der Waals surface area (Å²) in [7, 11) is 0. The Morgan fingerprint density at radius 3 is 2.37 bits per heavy atom. The summed E-state index contributed by atoms with van der Waals surface area (Å²) in [6.45, 7) is 11.1. The molecular formula is C31H45ClN6O3. The molecule has 4 atom stereocenters. The van der Waals surface area contributed by atoms with E-state index in [9.17, 15) is 14.7 Å². The first-order chi connectivity index (χ1) is 19.3. The average Bonchev–Trinajstić information content (AvgIpc) is 3.47. The van der Waals surface area contributed by atoms with Gasteiger partial charge in [0.2, 0.25) is 11.8 Å². The lowest BCUT2D eigenvalue weighted by molar-refractivity contribution is -0.157. The second-order valence-electron chi connectivity index (χ2n) is 14.0. The van der Waals surface area contributed by atoms with Crippen LogP contribution >= 0.6 is 11.6 Å². The highest BCUT2D eigenvalue weighted by Crippen LogP contribution is 2.53. The number of benzene rings is 1. The van der Waals surface area contributed by atoms with Gasteiger partial charge in [-0.05, 0) is 73.3 Å². The van der Waals surface area contributed by atoms with Gasteiger partial charge in [0.1, 0.15) is 6.04 Å². The first-order valence-electron chi connectivity index (χ1n) is 15.1. The number of aliphatic hydroxyl groups is 1. The van der Waals surface area contributed by atoms with Gasteiger partial charge >= 0.3 is 0 Å². The number of fused-ring (bicyclic) bond motifs is 2. The number of carbonyl (C=O) groups excluding carboxylic acids is 2. The molecule has 2 aromatic rings. The van der Waals surface area contributed by atoms with Gasteiger partial charge in [-0.3, -0.25) is 9.59 Å². The van der Waals surface area contributed by atoms with Crippen molar-refractivity contribution in [3.8, 4) is 0 Å². The molecule has 2 heterocycles. The molecule has 2 bridgehead atoms. The summed E-state index contributed by atoms with van der Waals surface area (Å²) in [6.07, 6.45) is 6.38. The standard InChI is InChI=1S/C31H45ClN6O3/c1-20(2)27(28(40)37-13-12-31(41,29(4,5)18-37)24-8-10-25(32)11-9-24)33-26(39)17-30(19-38-35-21(3)34-36-38)15-22-6-7-23(14-22)16-30/h8-11,20,22-23,27,41H,6-7,12-19H2,1-5H3,(H,33,39)/t22?,23?,27-,30?,31+/m1/s1. The molecule has 2 amide bonds. The summed E-state index contributed by atoms with van der Waals surface area (Å²) in [5.74, 6) is 1.62. The van der Waals surface area contributed by atoms with Crippen molar-refractivity contribution in [3.05, 3.63) is 40.7 Å². The quantitative estimate of drug-likeness (QED) is 0.472. The summed E-state index contributed by atoms with van der Waals surface area (Å²) in [6, 6.07) is 6.67. The van der Waals surface area contributed by atoms with E-state index in [1.165, 1.54) is 19.3 Å². The topological polar surface area (TPSA) is 113 Å². The molecule has 224 valence electrons. The second-order valence-corrected chi connectivity index (χ2v) is 14.5. The fraction of sp³-hybridized carbons (Fsp3) is 0.710. The maximum atomic E-state index is 13.9. The van der Waals surface area contributed by atoms with Crippen LogP contribution in [0.3, 0.4) is 0 Å². The van der Waals surface area contributed by atoms with Crippen molar-refractivity contribution in [2.75, 3.05) is 13.1 Å². The van der Waals surface area contributed by atoms with Crippen molar-refractivity contribution in [3.63, 3.8) is 0 Å². The molecule has 41 heavy (non-hydrogen) atoms. The molecule has 9 nitrogen and oxygen atoms in total. The van der Waals surface area contributed by atoms with Crippen LogP contribution in [0.4, 0.5) is 0 Å². The SMILES string of the molecule is Cc1nnn(CC2(CC(=O)N[C@@H](C(=O)N3CC[C@](O)(c4ccc(Cl)cc4)C(C)(C)C3)C(C)C)CC3CCC(C3)C2)n1. The zero-order valence-electron chi connectivity index (χ0n) is 25.1. The highest BCUT2D eigenvalue weighted by Gasteiger charge is 2.51. The van der Waals surface area contributed by atoms with Gasteiger partial charge in [0.05, 0.1) is 12.1 Å². The molecule has 2 aliphatic carbocycles. The van der Waals surface area contributed by atoms with Gasteiger partial charge in [-0.15, -0.1) is 10.2 Å². The fourth-order valence-corrected chi connectivity index (χ4v) is 8.05. The van der Waals surface area contributed by atoms with E-state index in [1.54, 1.807) is 16.9 Å². The van der Waals surface area contributed by atoms with E-state index in [0.29, 0.717) is 55.2 Å². The van der Waals surface area contributed by atoms with Crippen LogP contribution in [0, 0.1) is 35.5 Å². The Labute approximate surface area is 248 Å². The van der Waals surface area contributed by atoms with Crippen molar-refractivity contribution in [1.82, 2.24) is 30.4 Å². The van der Waals surface area contributed by atoms with Crippen LogP contribution in [0.15, 0.2) is 24.3 Å². The largest absolute Gasteiger partial charge is 0.384 e. The van der Waals surface area contributed by atoms with E-state index < -0.39 is 17.1 Å². The highest BCUT2D eigenvalue weighted by atomic mass is 35.5. The highest BCUT2D eigenvalue weighted by molar-refractivity contribution is 6.30. The van der Waals surface area contributed by atoms with Crippen LogP contribution in [0.2, 0.25) is 5.02 Å². The first kappa shape index (κ1) is 30.0. The number of hydrogen-bond acceptors (Lipinski definition) is 6.